The Morgan fingerprint density at radius 1 is 1.69 bits per heavy atom. The van der Waals surface area contributed by atoms with Crippen LogP contribution in [0.25, 0.3) is 0 Å². The third-order valence-electron chi connectivity index (χ3n) is 2.05. The molecule has 2 nitrogen and oxygen atoms in total. The van der Waals surface area contributed by atoms with Gasteiger partial charge in [0.25, 0.3) is 0 Å². The summed E-state index contributed by atoms with van der Waals surface area (Å²) in [6.45, 7) is 7.89. The van der Waals surface area contributed by atoms with Crippen molar-refractivity contribution in [1.82, 2.24) is 4.98 Å². The van der Waals surface area contributed by atoms with Gasteiger partial charge in [-0.25, -0.2) is 0 Å². The van der Waals surface area contributed by atoms with Crippen molar-refractivity contribution in [1.29, 1.82) is 0 Å². The average molecular weight is 176 g/mol. The summed E-state index contributed by atoms with van der Waals surface area (Å²) in [5, 5.41) is 0. The van der Waals surface area contributed by atoms with Crippen LogP contribution in [-0.2, 0) is 0 Å². The lowest BCUT2D eigenvalue weighted by molar-refractivity contribution is 0.708. The molecule has 0 aliphatic heterocycles. The minimum atomic E-state index is 0.0335. The zero-order chi connectivity index (χ0) is 9.84. The second-order valence-corrected chi connectivity index (χ2v) is 3.50. The van der Waals surface area contributed by atoms with E-state index in [0.717, 1.165) is 17.6 Å². The molecule has 2 N–H and O–H groups in total. The lowest BCUT2D eigenvalue weighted by Crippen LogP contribution is -2.12. The molecular weight excluding hydrogens is 160 g/mol. The summed E-state index contributed by atoms with van der Waals surface area (Å²) >= 11 is 0. The third kappa shape index (κ3) is 2.67. The van der Waals surface area contributed by atoms with Crippen LogP contribution in [-0.4, -0.2) is 4.98 Å². The SMILES string of the molecule is C=C(C)CC(N)c1cnccc1C. The Balaban J connectivity index is 2.82. The topological polar surface area (TPSA) is 38.9 Å². The van der Waals surface area contributed by atoms with Crippen LogP contribution in [0.3, 0.4) is 0 Å². The molecule has 0 amide bonds. The Morgan fingerprint density at radius 3 is 2.92 bits per heavy atom. The van der Waals surface area contributed by atoms with Crippen LogP contribution in [0.5, 0.6) is 0 Å². The van der Waals surface area contributed by atoms with Crippen molar-refractivity contribution in [3.63, 3.8) is 0 Å². The van der Waals surface area contributed by atoms with Crippen molar-refractivity contribution in [3.8, 4) is 0 Å². The minimum Gasteiger partial charge on any atom is -0.324 e. The van der Waals surface area contributed by atoms with Gasteiger partial charge in [-0.15, -0.1) is 6.58 Å². The number of aryl methyl sites for hydroxylation is 1. The maximum atomic E-state index is 6.00. The van der Waals surface area contributed by atoms with E-state index >= 15 is 0 Å². The van der Waals surface area contributed by atoms with E-state index in [1.807, 2.05) is 19.2 Å². The molecule has 0 bridgehead atoms. The highest BCUT2D eigenvalue weighted by Gasteiger charge is 2.08. The number of aromatic nitrogens is 1. The molecule has 0 saturated heterocycles. The van der Waals surface area contributed by atoms with Crippen LogP contribution >= 0.6 is 0 Å². The van der Waals surface area contributed by atoms with Crippen LogP contribution < -0.4 is 5.73 Å². The molecule has 1 aromatic rings. The van der Waals surface area contributed by atoms with E-state index in [0.29, 0.717) is 0 Å². The highest BCUT2D eigenvalue weighted by Crippen LogP contribution is 2.19. The van der Waals surface area contributed by atoms with E-state index in [2.05, 4.69) is 18.5 Å². The molecule has 1 heterocycles. The molecule has 0 saturated carbocycles. The first-order chi connectivity index (χ1) is 6.11. The number of hydrogen-bond acceptors (Lipinski definition) is 2. The van der Waals surface area contributed by atoms with Crippen LogP contribution in [0.15, 0.2) is 30.6 Å². The Bertz CT molecular complexity index is 305. The van der Waals surface area contributed by atoms with Gasteiger partial charge < -0.3 is 5.73 Å². The maximum absolute atomic E-state index is 6.00. The summed E-state index contributed by atoms with van der Waals surface area (Å²) in [6.07, 6.45) is 4.45. The fourth-order valence-corrected chi connectivity index (χ4v) is 1.35. The summed E-state index contributed by atoms with van der Waals surface area (Å²) in [4.78, 5) is 4.06. The van der Waals surface area contributed by atoms with Gasteiger partial charge in [-0.1, -0.05) is 5.57 Å². The van der Waals surface area contributed by atoms with E-state index in [1.165, 1.54) is 5.56 Å². The number of nitrogens with zero attached hydrogens (tertiary/aromatic N) is 1. The molecule has 0 spiro atoms. The predicted molar refractivity (Wildman–Crippen MR) is 55.3 cm³/mol. The van der Waals surface area contributed by atoms with Crippen molar-refractivity contribution in [3.05, 3.63) is 41.7 Å². The molecule has 1 atom stereocenters. The Hall–Kier alpha value is -1.15. The van der Waals surface area contributed by atoms with Gasteiger partial charge in [0.2, 0.25) is 0 Å². The van der Waals surface area contributed by atoms with Gasteiger partial charge in [-0.3, -0.25) is 4.98 Å². The monoisotopic (exact) mass is 176 g/mol. The van der Waals surface area contributed by atoms with Crippen LogP contribution in [0, 0.1) is 6.92 Å². The average Bonchev–Trinajstić information content (AvgIpc) is 2.03. The molecule has 1 unspecified atom stereocenters. The largest absolute Gasteiger partial charge is 0.324 e. The molecule has 0 fully saturated rings. The standard InChI is InChI=1S/C11H16N2/c1-8(2)6-11(12)10-7-13-5-4-9(10)3/h4-5,7,11H,1,6,12H2,2-3H3. The van der Waals surface area contributed by atoms with Gasteiger partial charge in [-0.2, -0.15) is 0 Å². The molecule has 70 valence electrons. The second-order valence-electron chi connectivity index (χ2n) is 3.50. The zero-order valence-electron chi connectivity index (χ0n) is 8.25. The zero-order valence-corrected chi connectivity index (χ0v) is 8.25. The maximum Gasteiger partial charge on any atom is 0.0350 e. The molecule has 0 radical (unpaired) electrons. The lowest BCUT2D eigenvalue weighted by atomic mass is 9.99. The molecule has 0 aromatic carbocycles. The van der Waals surface area contributed by atoms with Crippen LogP contribution in [0.2, 0.25) is 0 Å². The quantitative estimate of drug-likeness (QED) is 0.718. The fourth-order valence-electron chi connectivity index (χ4n) is 1.35. The Kier molecular flexibility index (Phi) is 3.20. The van der Waals surface area contributed by atoms with Crippen molar-refractivity contribution in [2.45, 2.75) is 26.3 Å². The molecule has 1 rings (SSSR count). The van der Waals surface area contributed by atoms with Gasteiger partial charge in [0.05, 0.1) is 0 Å². The number of nitrogens with two attached hydrogens (primary N) is 1. The first kappa shape index (κ1) is 9.93. The van der Waals surface area contributed by atoms with Gasteiger partial charge in [0, 0.05) is 18.4 Å². The molecule has 2 heteroatoms. The van der Waals surface area contributed by atoms with E-state index in [1.54, 1.807) is 6.20 Å². The van der Waals surface area contributed by atoms with Gasteiger partial charge >= 0.3 is 0 Å². The normalized spacial score (nSPS) is 12.5. The summed E-state index contributed by atoms with van der Waals surface area (Å²) < 4.78 is 0. The van der Waals surface area contributed by atoms with Crippen LogP contribution in [0.1, 0.15) is 30.5 Å². The van der Waals surface area contributed by atoms with Crippen molar-refractivity contribution in [2.24, 2.45) is 5.73 Å². The second kappa shape index (κ2) is 4.19. The van der Waals surface area contributed by atoms with E-state index < -0.39 is 0 Å². The summed E-state index contributed by atoms with van der Waals surface area (Å²) in [7, 11) is 0. The first-order valence-corrected chi connectivity index (χ1v) is 4.41. The number of hydrogen-bond donors (Lipinski definition) is 1. The fraction of sp³-hybridized carbons (Fsp3) is 0.364. The molecule has 0 aliphatic rings. The van der Waals surface area contributed by atoms with Gasteiger partial charge in [-0.05, 0) is 37.5 Å². The molecule has 13 heavy (non-hydrogen) atoms. The summed E-state index contributed by atoms with van der Waals surface area (Å²) in [6, 6.07) is 2.01. The summed E-state index contributed by atoms with van der Waals surface area (Å²) in [5.41, 5.74) is 9.42. The highest BCUT2D eigenvalue weighted by molar-refractivity contribution is 5.25. The highest BCUT2D eigenvalue weighted by atomic mass is 14.7. The first-order valence-electron chi connectivity index (χ1n) is 4.41. The van der Waals surface area contributed by atoms with E-state index in [9.17, 15) is 0 Å². The third-order valence-corrected chi connectivity index (χ3v) is 2.05. The van der Waals surface area contributed by atoms with Crippen LogP contribution in [0.4, 0.5) is 0 Å². The van der Waals surface area contributed by atoms with Gasteiger partial charge in [0.1, 0.15) is 0 Å². The van der Waals surface area contributed by atoms with E-state index in [-0.39, 0.29) is 6.04 Å². The minimum absolute atomic E-state index is 0.0335. The predicted octanol–water partition coefficient (Wildman–Crippen LogP) is 2.36. The summed E-state index contributed by atoms with van der Waals surface area (Å²) in [5.74, 6) is 0. The smallest absolute Gasteiger partial charge is 0.0350 e. The molecule has 0 aliphatic carbocycles. The van der Waals surface area contributed by atoms with E-state index in [4.69, 9.17) is 5.73 Å². The van der Waals surface area contributed by atoms with Gasteiger partial charge in [0.15, 0.2) is 0 Å². The lowest BCUT2D eigenvalue weighted by Gasteiger charge is -2.13. The Morgan fingerprint density at radius 2 is 2.38 bits per heavy atom. The van der Waals surface area contributed by atoms with Crippen molar-refractivity contribution < 1.29 is 0 Å². The van der Waals surface area contributed by atoms with Crippen molar-refractivity contribution in [2.75, 3.05) is 0 Å². The van der Waals surface area contributed by atoms with Crippen molar-refractivity contribution >= 4 is 0 Å². The molecule has 1 aromatic heterocycles. The number of pyridine rings is 1. The number of rotatable bonds is 3. The molecular formula is C11H16N2. The Labute approximate surface area is 79.5 Å².